The lowest BCUT2D eigenvalue weighted by atomic mass is 10.2. The number of aliphatic carboxylic acids is 1. The molecule has 0 amide bonds. The summed E-state index contributed by atoms with van der Waals surface area (Å²) in [7, 11) is 1.24. The van der Waals surface area contributed by atoms with E-state index < -0.39 is 18.0 Å². The predicted octanol–water partition coefficient (Wildman–Crippen LogP) is -2.70. The second kappa shape index (κ2) is 4.68. The molecule has 0 radical (unpaired) electrons. The van der Waals surface area contributed by atoms with E-state index in [1.54, 1.807) is 0 Å². The van der Waals surface area contributed by atoms with Gasteiger partial charge < -0.3 is 20.4 Å². The maximum absolute atomic E-state index is 10.6. The van der Waals surface area contributed by atoms with E-state index in [1.165, 1.54) is 7.11 Å². The monoisotopic (exact) mass is 161 g/mol. The third-order valence-corrected chi connectivity index (χ3v) is 1.23. The summed E-state index contributed by atoms with van der Waals surface area (Å²) in [4.78, 5) is 20.5. The van der Waals surface area contributed by atoms with Crippen LogP contribution in [0.1, 0.15) is 12.8 Å². The van der Waals surface area contributed by atoms with Crippen LogP contribution < -0.4 is 10.8 Å². The number of carbonyl (C=O) groups is 2. The van der Waals surface area contributed by atoms with Gasteiger partial charge in [0, 0.05) is 12.4 Å². The normalized spacial score (nSPS) is 12.2. The average Bonchev–Trinajstić information content (AvgIpc) is 1.98. The molecule has 0 spiro atoms. The van der Waals surface area contributed by atoms with Crippen LogP contribution in [0.5, 0.6) is 0 Å². The van der Waals surface area contributed by atoms with Crippen molar-refractivity contribution >= 4 is 11.9 Å². The Labute approximate surface area is 64.1 Å². The highest BCUT2D eigenvalue weighted by Gasteiger charge is 2.16. The summed E-state index contributed by atoms with van der Waals surface area (Å²) in [6.07, 6.45) is -0.00171. The summed E-state index contributed by atoms with van der Waals surface area (Å²) in [5, 5.41) is 9.92. The van der Waals surface area contributed by atoms with Gasteiger partial charge in [-0.3, -0.25) is 0 Å². The fourth-order valence-electron chi connectivity index (χ4n) is 0.577. The molecule has 0 saturated carbocycles. The van der Waals surface area contributed by atoms with Crippen molar-refractivity contribution in [3.8, 4) is 0 Å². The van der Waals surface area contributed by atoms with Crippen LogP contribution >= 0.6 is 0 Å². The summed E-state index contributed by atoms with van der Waals surface area (Å²) in [5.41, 5.74) is 3.42. The number of methoxy groups -OCH3 is 1. The Bertz CT molecular complexity index is 157. The zero-order valence-electron chi connectivity index (χ0n) is 6.33. The topological polar surface area (TPSA) is 94.1 Å². The number of ether oxygens (including phenoxy) is 1. The first-order chi connectivity index (χ1) is 5.07. The summed E-state index contributed by atoms with van der Waals surface area (Å²) in [5.74, 6) is -1.67. The molecule has 64 valence electrons. The molecule has 0 aromatic carbocycles. The van der Waals surface area contributed by atoms with Crippen molar-refractivity contribution in [2.75, 3.05) is 7.11 Å². The second-order valence-electron chi connectivity index (χ2n) is 2.13. The Hall–Kier alpha value is -1.10. The van der Waals surface area contributed by atoms with E-state index in [1.807, 2.05) is 0 Å². The van der Waals surface area contributed by atoms with Crippen LogP contribution in [0.15, 0.2) is 0 Å². The van der Waals surface area contributed by atoms with Crippen LogP contribution in [-0.2, 0) is 14.3 Å². The van der Waals surface area contributed by atoms with Gasteiger partial charge in [-0.15, -0.1) is 0 Å². The molecular weight excluding hydrogens is 150 g/mol. The molecule has 0 aliphatic heterocycles. The number of quaternary nitrogens is 1. The van der Waals surface area contributed by atoms with Gasteiger partial charge in [0.15, 0.2) is 6.04 Å². The minimum atomic E-state index is -1.18. The van der Waals surface area contributed by atoms with Crippen molar-refractivity contribution < 1.29 is 25.2 Å². The molecule has 0 unspecified atom stereocenters. The highest BCUT2D eigenvalue weighted by molar-refractivity contribution is 5.74. The first-order valence-corrected chi connectivity index (χ1v) is 3.18. The quantitative estimate of drug-likeness (QED) is 0.454. The predicted molar refractivity (Wildman–Crippen MR) is 32.9 cm³/mol. The number of esters is 1. The number of carbonyl (C=O) groups excluding carboxylic acids is 2. The molecule has 0 heterocycles. The van der Waals surface area contributed by atoms with Gasteiger partial charge in [-0.2, -0.15) is 0 Å². The van der Waals surface area contributed by atoms with Crippen molar-refractivity contribution in [2.24, 2.45) is 0 Å². The summed E-state index contributed by atoms with van der Waals surface area (Å²) < 4.78 is 4.33. The van der Waals surface area contributed by atoms with Crippen LogP contribution in [0.25, 0.3) is 0 Å². The van der Waals surface area contributed by atoms with E-state index in [-0.39, 0.29) is 12.8 Å². The van der Waals surface area contributed by atoms with Crippen molar-refractivity contribution in [1.82, 2.24) is 0 Å². The number of hydrogen-bond donors (Lipinski definition) is 1. The van der Waals surface area contributed by atoms with Gasteiger partial charge in [0.25, 0.3) is 0 Å². The molecule has 3 N–H and O–H groups in total. The lowest BCUT2D eigenvalue weighted by Gasteiger charge is -2.05. The van der Waals surface area contributed by atoms with Crippen molar-refractivity contribution in [3.05, 3.63) is 0 Å². The van der Waals surface area contributed by atoms with Crippen LogP contribution in [0.4, 0.5) is 0 Å². The van der Waals surface area contributed by atoms with Gasteiger partial charge in [-0.05, 0) is 6.42 Å². The van der Waals surface area contributed by atoms with E-state index in [0.29, 0.717) is 0 Å². The highest BCUT2D eigenvalue weighted by atomic mass is 16.5. The van der Waals surface area contributed by atoms with Gasteiger partial charge in [0.05, 0.1) is 7.11 Å². The molecule has 0 fully saturated rings. The van der Waals surface area contributed by atoms with E-state index in [0.717, 1.165) is 0 Å². The Kier molecular flexibility index (Phi) is 4.21. The third-order valence-electron chi connectivity index (χ3n) is 1.23. The van der Waals surface area contributed by atoms with Crippen LogP contribution in [0.2, 0.25) is 0 Å². The molecule has 0 aromatic heterocycles. The van der Waals surface area contributed by atoms with E-state index in [4.69, 9.17) is 0 Å². The zero-order valence-corrected chi connectivity index (χ0v) is 6.33. The Balaban J connectivity index is 3.60. The number of rotatable bonds is 4. The van der Waals surface area contributed by atoms with E-state index >= 15 is 0 Å². The summed E-state index contributed by atoms with van der Waals surface area (Å²) >= 11 is 0. The van der Waals surface area contributed by atoms with Gasteiger partial charge >= 0.3 is 5.97 Å². The van der Waals surface area contributed by atoms with Gasteiger partial charge in [-0.25, -0.2) is 4.79 Å². The smallest absolute Gasteiger partial charge is 0.364 e. The second-order valence-corrected chi connectivity index (χ2v) is 2.13. The van der Waals surface area contributed by atoms with E-state index in [2.05, 4.69) is 10.5 Å². The summed E-state index contributed by atoms with van der Waals surface area (Å²) in [6, 6.07) is -0.613. The largest absolute Gasteiger partial charge is 0.550 e. The molecule has 1 atom stereocenters. The minimum Gasteiger partial charge on any atom is -0.550 e. The van der Waals surface area contributed by atoms with E-state index in [9.17, 15) is 14.7 Å². The maximum Gasteiger partial charge on any atom is 0.364 e. The van der Waals surface area contributed by atoms with Gasteiger partial charge in [0.2, 0.25) is 0 Å². The fourth-order valence-corrected chi connectivity index (χ4v) is 0.577. The first kappa shape index (κ1) is 9.90. The molecule has 5 heteroatoms. The van der Waals surface area contributed by atoms with Crippen LogP contribution in [0, 0.1) is 0 Å². The zero-order chi connectivity index (χ0) is 8.85. The molecular formula is C6H11NO4. The Morgan fingerprint density at radius 1 is 1.64 bits per heavy atom. The number of carboxylic acids is 1. The number of hydrogen-bond acceptors (Lipinski definition) is 4. The molecule has 5 nitrogen and oxygen atoms in total. The maximum atomic E-state index is 10.6. The molecule has 0 aliphatic rings. The molecule has 0 rings (SSSR count). The minimum absolute atomic E-state index is 0.162. The molecule has 0 aromatic rings. The Morgan fingerprint density at radius 2 is 2.18 bits per heavy atom. The van der Waals surface area contributed by atoms with Crippen LogP contribution in [-0.4, -0.2) is 25.1 Å². The SMILES string of the molecule is COC(=O)[C@@H]([NH3+])CCC(=O)[O-]. The molecule has 0 saturated heterocycles. The highest BCUT2D eigenvalue weighted by Crippen LogP contribution is 1.92. The third kappa shape index (κ3) is 4.32. The first-order valence-electron chi connectivity index (χ1n) is 3.18. The standard InChI is InChI=1S/C6H11NO4/c1-11-6(10)4(7)2-3-5(8)9/h4H,2-3,7H2,1H3,(H,8,9)/t4-/m0/s1. The van der Waals surface area contributed by atoms with Gasteiger partial charge in [-0.1, -0.05) is 0 Å². The lowest BCUT2D eigenvalue weighted by molar-refractivity contribution is -0.410. The van der Waals surface area contributed by atoms with Crippen molar-refractivity contribution in [2.45, 2.75) is 18.9 Å². The van der Waals surface area contributed by atoms with Crippen molar-refractivity contribution in [1.29, 1.82) is 0 Å². The molecule has 11 heavy (non-hydrogen) atoms. The lowest BCUT2D eigenvalue weighted by Crippen LogP contribution is -2.65. The Morgan fingerprint density at radius 3 is 2.55 bits per heavy atom. The van der Waals surface area contributed by atoms with Gasteiger partial charge in [0.1, 0.15) is 0 Å². The van der Waals surface area contributed by atoms with Crippen molar-refractivity contribution in [3.63, 3.8) is 0 Å². The average molecular weight is 161 g/mol. The fraction of sp³-hybridized carbons (Fsp3) is 0.667. The molecule has 0 bridgehead atoms. The summed E-state index contributed by atoms with van der Waals surface area (Å²) in [6.45, 7) is 0. The van der Waals surface area contributed by atoms with Crippen LogP contribution in [0.3, 0.4) is 0 Å². The number of carboxylic acid groups (broad SMARTS) is 1. The molecule has 0 aliphatic carbocycles.